The van der Waals surface area contributed by atoms with Gasteiger partial charge in [-0.05, 0) is 17.0 Å². The summed E-state index contributed by atoms with van der Waals surface area (Å²) in [5, 5.41) is 2.10. The zero-order chi connectivity index (χ0) is 19.0. The number of benzene rings is 1. The highest BCUT2D eigenvalue weighted by Crippen LogP contribution is 2.27. The molecule has 0 radical (unpaired) electrons. The van der Waals surface area contributed by atoms with E-state index in [0.717, 1.165) is 34.7 Å². The van der Waals surface area contributed by atoms with Crippen LogP contribution in [0.1, 0.15) is 35.4 Å². The predicted octanol–water partition coefficient (Wildman–Crippen LogP) is 1.59. The van der Waals surface area contributed by atoms with Gasteiger partial charge in [-0.15, -0.1) is 11.3 Å². The largest absolute Gasteiger partial charge is 0.339 e. The van der Waals surface area contributed by atoms with Crippen LogP contribution in [0, 0.1) is 0 Å². The number of carbonyl (C=O) groups excluding carboxylic acids is 3. The molecule has 27 heavy (non-hydrogen) atoms. The summed E-state index contributed by atoms with van der Waals surface area (Å²) in [6.45, 7) is 3.35. The van der Waals surface area contributed by atoms with Gasteiger partial charge >= 0.3 is 17.8 Å². The Morgan fingerprint density at radius 1 is 1.07 bits per heavy atom. The Balaban J connectivity index is 1.51. The lowest BCUT2D eigenvalue weighted by Gasteiger charge is -2.33. The van der Waals surface area contributed by atoms with Gasteiger partial charge in [0.1, 0.15) is 6.04 Å². The van der Waals surface area contributed by atoms with Crippen LogP contribution in [0.3, 0.4) is 0 Å². The van der Waals surface area contributed by atoms with Crippen molar-refractivity contribution in [3.05, 3.63) is 57.8 Å². The summed E-state index contributed by atoms with van der Waals surface area (Å²) in [5.74, 6) is -1.45. The van der Waals surface area contributed by atoms with Gasteiger partial charge in [0.2, 0.25) is 0 Å². The lowest BCUT2D eigenvalue weighted by Crippen LogP contribution is -3.14. The van der Waals surface area contributed by atoms with Crippen LogP contribution < -0.4 is 4.90 Å². The number of hydrogen-bond donors (Lipinski definition) is 1. The minimum atomic E-state index is -0.732. The second-order valence-electron chi connectivity index (χ2n) is 6.97. The van der Waals surface area contributed by atoms with Crippen LogP contribution in [-0.2, 0) is 22.6 Å². The number of imide groups is 2. The third-order valence-corrected chi connectivity index (χ3v) is 6.41. The van der Waals surface area contributed by atoms with Crippen LogP contribution >= 0.6 is 11.3 Å². The first-order chi connectivity index (χ1) is 13.1. The molecule has 2 aliphatic rings. The molecule has 1 unspecified atom stereocenters. The number of nitrogens with zero attached hydrogens (tertiary/aromatic N) is 2. The van der Waals surface area contributed by atoms with E-state index in [0.29, 0.717) is 0 Å². The maximum atomic E-state index is 12.8. The number of thiophene rings is 1. The number of carbonyl (C=O) groups is 3. The van der Waals surface area contributed by atoms with Gasteiger partial charge in [0.15, 0.2) is 6.67 Å². The minimum absolute atomic E-state index is 0.127. The van der Waals surface area contributed by atoms with E-state index >= 15 is 0 Å². The van der Waals surface area contributed by atoms with E-state index in [9.17, 15) is 14.4 Å². The van der Waals surface area contributed by atoms with Crippen LogP contribution in [0.25, 0.3) is 0 Å². The summed E-state index contributed by atoms with van der Waals surface area (Å²) in [6.07, 6.45) is 1.87. The molecule has 7 heteroatoms. The van der Waals surface area contributed by atoms with Crippen molar-refractivity contribution in [2.45, 2.75) is 32.4 Å². The van der Waals surface area contributed by atoms with E-state index < -0.39 is 17.8 Å². The summed E-state index contributed by atoms with van der Waals surface area (Å²) < 4.78 is 0. The molecule has 0 saturated carbocycles. The van der Waals surface area contributed by atoms with Gasteiger partial charge in [-0.3, -0.25) is 14.5 Å². The number of fused-ring (bicyclic) bond motifs is 1. The van der Waals surface area contributed by atoms with Gasteiger partial charge in [0, 0.05) is 23.3 Å². The molecule has 0 spiro atoms. The van der Waals surface area contributed by atoms with Crippen molar-refractivity contribution in [3.8, 4) is 0 Å². The first-order valence-corrected chi connectivity index (χ1v) is 10.1. The standard InChI is InChI=1S/C20H21N3O3S/c1-2-16-15-9-11-27-17(15)8-10-21(16)13-23-19(25)18(24)22(20(23)26)12-14-6-4-3-5-7-14/h3-7,9,11,16H,2,8,10,12-13H2,1H3/p+1/t16-/m0/s1. The molecule has 0 aliphatic carbocycles. The van der Waals surface area contributed by atoms with Crippen LogP contribution in [-0.4, -0.2) is 40.9 Å². The molecule has 3 heterocycles. The van der Waals surface area contributed by atoms with Gasteiger partial charge in [0.05, 0.1) is 13.1 Å². The monoisotopic (exact) mass is 384 g/mol. The summed E-state index contributed by atoms with van der Waals surface area (Å²) in [7, 11) is 0. The van der Waals surface area contributed by atoms with Gasteiger partial charge in [0.25, 0.3) is 0 Å². The summed E-state index contributed by atoms with van der Waals surface area (Å²) in [6, 6.07) is 11.1. The third kappa shape index (κ3) is 3.17. The smallest absolute Gasteiger partial charge is 0.311 e. The highest BCUT2D eigenvalue weighted by Gasteiger charge is 2.47. The maximum Gasteiger partial charge on any atom is 0.339 e. The van der Waals surface area contributed by atoms with E-state index in [2.05, 4.69) is 18.4 Å². The molecule has 4 amide bonds. The van der Waals surface area contributed by atoms with Gasteiger partial charge < -0.3 is 4.90 Å². The lowest BCUT2D eigenvalue weighted by atomic mass is 9.98. The average Bonchev–Trinajstić information content (AvgIpc) is 3.24. The van der Waals surface area contributed by atoms with Crippen LogP contribution in [0.4, 0.5) is 4.79 Å². The molecule has 140 valence electrons. The highest BCUT2D eigenvalue weighted by atomic mass is 32.1. The fourth-order valence-corrected chi connectivity index (χ4v) is 4.97. The molecular weight excluding hydrogens is 362 g/mol. The van der Waals surface area contributed by atoms with Crippen molar-refractivity contribution < 1.29 is 19.3 Å². The highest BCUT2D eigenvalue weighted by molar-refractivity contribution is 7.10. The molecule has 1 aromatic carbocycles. The number of hydrogen-bond acceptors (Lipinski definition) is 4. The molecule has 0 bridgehead atoms. The molecule has 1 aromatic heterocycles. The van der Waals surface area contributed by atoms with E-state index in [1.165, 1.54) is 15.3 Å². The minimum Gasteiger partial charge on any atom is -0.311 e. The number of urea groups is 1. The van der Waals surface area contributed by atoms with E-state index in [1.54, 1.807) is 11.3 Å². The zero-order valence-corrected chi connectivity index (χ0v) is 16.0. The second-order valence-corrected chi connectivity index (χ2v) is 7.97. The molecule has 2 atom stereocenters. The molecule has 6 nitrogen and oxygen atoms in total. The predicted molar refractivity (Wildman–Crippen MR) is 101 cm³/mol. The van der Waals surface area contributed by atoms with Gasteiger partial charge in [-0.1, -0.05) is 37.3 Å². The average molecular weight is 384 g/mol. The van der Waals surface area contributed by atoms with Crippen molar-refractivity contribution in [1.29, 1.82) is 0 Å². The lowest BCUT2D eigenvalue weighted by molar-refractivity contribution is -0.940. The number of amides is 4. The quantitative estimate of drug-likeness (QED) is 0.629. The van der Waals surface area contributed by atoms with E-state index in [-0.39, 0.29) is 19.3 Å². The van der Waals surface area contributed by atoms with Crippen LogP contribution in [0.15, 0.2) is 41.8 Å². The third-order valence-electron chi connectivity index (χ3n) is 5.41. The SMILES string of the molecule is CC[C@H]1c2ccsc2CC[NH+]1CN1C(=O)C(=O)N(Cc2ccccc2)C1=O. The topological polar surface area (TPSA) is 62.1 Å². The second kappa shape index (κ2) is 7.25. The Labute approximate surface area is 162 Å². The van der Waals surface area contributed by atoms with Crippen molar-refractivity contribution >= 4 is 29.2 Å². The summed E-state index contributed by atoms with van der Waals surface area (Å²) in [5.41, 5.74) is 2.14. The first-order valence-electron chi connectivity index (χ1n) is 9.22. The van der Waals surface area contributed by atoms with Crippen LogP contribution in [0.5, 0.6) is 0 Å². The van der Waals surface area contributed by atoms with Crippen LogP contribution in [0.2, 0.25) is 0 Å². The molecule has 1 saturated heterocycles. The molecule has 1 N–H and O–H groups in total. The summed E-state index contributed by atoms with van der Waals surface area (Å²) >= 11 is 1.77. The van der Waals surface area contributed by atoms with Crippen molar-refractivity contribution in [3.63, 3.8) is 0 Å². The van der Waals surface area contributed by atoms with E-state index in [1.807, 2.05) is 30.3 Å². The zero-order valence-electron chi connectivity index (χ0n) is 15.2. The Hall–Kier alpha value is -2.51. The number of quaternary nitrogens is 1. The van der Waals surface area contributed by atoms with E-state index in [4.69, 9.17) is 0 Å². The maximum absolute atomic E-state index is 12.8. The van der Waals surface area contributed by atoms with Crippen molar-refractivity contribution in [1.82, 2.24) is 9.80 Å². The first kappa shape index (κ1) is 17.9. The Morgan fingerprint density at radius 3 is 2.56 bits per heavy atom. The number of nitrogens with one attached hydrogen (secondary N) is 1. The Morgan fingerprint density at radius 2 is 1.81 bits per heavy atom. The molecule has 4 rings (SSSR count). The number of rotatable bonds is 5. The fourth-order valence-electron chi connectivity index (χ4n) is 4.03. The van der Waals surface area contributed by atoms with Gasteiger partial charge in [-0.2, -0.15) is 0 Å². The summed E-state index contributed by atoms with van der Waals surface area (Å²) in [4.78, 5) is 42.4. The normalized spacial score (nSPS) is 22.5. The fraction of sp³-hybridized carbons (Fsp3) is 0.350. The molecule has 1 fully saturated rings. The molecule has 2 aromatic rings. The Bertz CT molecular complexity index is 880. The molecule has 2 aliphatic heterocycles. The van der Waals surface area contributed by atoms with Crippen molar-refractivity contribution in [2.75, 3.05) is 13.2 Å². The Kier molecular flexibility index (Phi) is 4.80. The van der Waals surface area contributed by atoms with Gasteiger partial charge in [-0.25, -0.2) is 9.69 Å². The molecular formula is C20H22N3O3S+. The van der Waals surface area contributed by atoms with Crippen molar-refractivity contribution in [2.24, 2.45) is 0 Å².